The smallest absolute Gasteiger partial charge is 0.311 e. The minimum absolute atomic E-state index is 0.107. The van der Waals surface area contributed by atoms with Crippen molar-refractivity contribution < 1.29 is 18.7 Å². The summed E-state index contributed by atoms with van der Waals surface area (Å²) in [7, 11) is 0. The first-order valence-electron chi connectivity index (χ1n) is 6.01. The van der Waals surface area contributed by atoms with Gasteiger partial charge < -0.3 is 5.11 Å². The maximum atomic E-state index is 14.0. The molecule has 2 aromatic rings. The van der Waals surface area contributed by atoms with E-state index in [2.05, 4.69) is 31.9 Å². The van der Waals surface area contributed by atoms with Crippen LogP contribution in [0.5, 0.6) is 0 Å². The molecule has 0 saturated heterocycles. The van der Waals surface area contributed by atoms with Gasteiger partial charge in [-0.15, -0.1) is 0 Å². The van der Waals surface area contributed by atoms with Crippen LogP contribution in [0.25, 0.3) is 0 Å². The summed E-state index contributed by atoms with van der Waals surface area (Å²) in [6.07, 6.45) is -0.269. The maximum Gasteiger partial charge on any atom is 0.311 e. The van der Waals surface area contributed by atoms with Crippen LogP contribution >= 0.6 is 31.9 Å². The zero-order valence-electron chi connectivity index (χ0n) is 10.6. The highest BCUT2D eigenvalue weighted by atomic mass is 79.9. The number of hydrogen-bond acceptors (Lipinski definition) is 1. The minimum atomic E-state index is -1.14. The van der Waals surface area contributed by atoms with Gasteiger partial charge in [0.05, 0.1) is 10.4 Å². The number of carboxylic acids is 1. The molecule has 0 aliphatic heterocycles. The molecule has 0 aliphatic rings. The average molecular weight is 420 g/mol. The number of benzene rings is 2. The molecule has 2 nitrogen and oxygen atoms in total. The molecule has 1 N–H and O–H groups in total. The summed E-state index contributed by atoms with van der Waals surface area (Å²) in [6, 6.07) is 9.11. The Morgan fingerprint density at radius 2 is 1.76 bits per heavy atom. The summed E-state index contributed by atoms with van der Waals surface area (Å²) in [6.45, 7) is 0. The first-order chi connectivity index (χ1) is 9.91. The van der Waals surface area contributed by atoms with Crippen molar-refractivity contribution in [3.8, 4) is 0 Å². The second-order valence-corrected chi connectivity index (χ2v) is 6.15. The van der Waals surface area contributed by atoms with Crippen molar-refractivity contribution in [1.29, 1.82) is 0 Å². The van der Waals surface area contributed by atoms with Crippen LogP contribution in [-0.2, 0) is 11.2 Å². The third-order valence-corrected chi connectivity index (χ3v) is 4.46. The second-order valence-electron chi connectivity index (χ2n) is 4.44. The lowest BCUT2D eigenvalue weighted by atomic mass is 9.91. The van der Waals surface area contributed by atoms with Crippen molar-refractivity contribution in [3.63, 3.8) is 0 Å². The number of hydrogen-bond donors (Lipinski definition) is 1. The Hall–Kier alpha value is -1.27. The zero-order valence-corrected chi connectivity index (χ0v) is 13.8. The van der Waals surface area contributed by atoms with Gasteiger partial charge in [-0.05, 0) is 46.1 Å². The van der Waals surface area contributed by atoms with Gasteiger partial charge in [0.25, 0.3) is 0 Å². The summed E-state index contributed by atoms with van der Waals surface area (Å²) in [5, 5.41) is 9.39. The summed E-state index contributed by atoms with van der Waals surface area (Å²) in [4.78, 5) is 11.5. The topological polar surface area (TPSA) is 37.3 Å². The summed E-state index contributed by atoms with van der Waals surface area (Å²) in [5.41, 5.74) is 0.233. The number of halogens is 4. The Morgan fingerprint density at radius 1 is 1.10 bits per heavy atom. The first-order valence-corrected chi connectivity index (χ1v) is 7.60. The fraction of sp³-hybridized carbons (Fsp3) is 0.133. The summed E-state index contributed by atoms with van der Waals surface area (Å²) in [5.74, 6) is -3.71. The fourth-order valence-electron chi connectivity index (χ4n) is 2.05. The third kappa shape index (κ3) is 3.49. The molecule has 2 aromatic carbocycles. The Kier molecular flexibility index (Phi) is 5.11. The minimum Gasteiger partial charge on any atom is -0.481 e. The Bertz CT molecular complexity index is 689. The molecule has 0 amide bonds. The van der Waals surface area contributed by atoms with Gasteiger partial charge in [0.1, 0.15) is 11.6 Å². The van der Waals surface area contributed by atoms with Crippen LogP contribution in [-0.4, -0.2) is 11.1 Å². The second kappa shape index (κ2) is 6.66. The van der Waals surface area contributed by atoms with E-state index >= 15 is 0 Å². The monoisotopic (exact) mass is 418 g/mol. The number of carbonyl (C=O) groups is 1. The van der Waals surface area contributed by atoms with Crippen molar-refractivity contribution in [2.45, 2.75) is 12.3 Å². The van der Waals surface area contributed by atoms with E-state index in [1.165, 1.54) is 6.07 Å². The predicted molar refractivity (Wildman–Crippen MR) is 82.3 cm³/mol. The van der Waals surface area contributed by atoms with Gasteiger partial charge in [0, 0.05) is 10.0 Å². The van der Waals surface area contributed by atoms with E-state index in [1.807, 2.05) is 0 Å². The van der Waals surface area contributed by atoms with Gasteiger partial charge in [-0.1, -0.05) is 34.1 Å². The zero-order chi connectivity index (χ0) is 15.6. The molecule has 21 heavy (non-hydrogen) atoms. The van der Waals surface area contributed by atoms with E-state index in [0.29, 0.717) is 10.0 Å². The highest BCUT2D eigenvalue weighted by molar-refractivity contribution is 9.10. The van der Waals surface area contributed by atoms with Gasteiger partial charge in [0.2, 0.25) is 0 Å². The van der Waals surface area contributed by atoms with Crippen LogP contribution in [0.1, 0.15) is 17.0 Å². The molecule has 6 heteroatoms. The molecule has 0 saturated carbocycles. The number of aliphatic carboxylic acids is 1. The molecule has 0 bridgehead atoms. The normalized spacial score (nSPS) is 12.2. The van der Waals surface area contributed by atoms with Crippen molar-refractivity contribution in [1.82, 2.24) is 0 Å². The van der Waals surface area contributed by atoms with Gasteiger partial charge >= 0.3 is 5.97 Å². The predicted octanol–water partition coefficient (Wildman–Crippen LogP) is 4.90. The van der Waals surface area contributed by atoms with Crippen molar-refractivity contribution in [3.05, 3.63) is 68.1 Å². The molecular formula is C15H10Br2F2O2. The van der Waals surface area contributed by atoms with Crippen molar-refractivity contribution in [2.75, 3.05) is 0 Å². The first kappa shape index (κ1) is 16.1. The average Bonchev–Trinajstić information content (AvgIpc) is 2.44. The van der Waals surface area contributed by atoms with Crippen LogP contribution in [0.15, 0.2) is 45.3 Å². The van der Waals surface area contributed by atoms with Crippen molar-refractivity contribution in [2.24, 2.45) is 0 Å². The SMILES string of the molecule is O=C(O)C(Cc1c(F)ccc(Br)c1F)c1ccccc1Br. The van der Waals surface area contributed by atoms with Crippen LogP contribution in [0.4, 0.5) is 8.78 Å². The lowest BCUT2D eigenvalue weighted by Crippen LogP contribution is -2.16. The molecular weight excluding hydrogens is 410 g/mol. The fourth-order valence-corrected chi connectivity index (χ4v) is 2.98. The molecule has 2 rings (SSSR count). The lowest BCUT2D eigenvalue weighted by molar-refractivity contribution is -0.138. The standard InChI is InChI=1S/C15H10Br2F2O2/c16-11-4-2-1-3-8(11)9(15(20)21)7-10-13(18)6-5-12(17)14(10)19/h1-6,9H,7H2,(H,20,21). The largest absolute Gasteiger partial charge is 0.481 e. The van der Waals surface area contributed by atoms with E-state index in [4.69, 9.17) is 0 Å². The Morgan fingerprint density at radius 3 is 2.38 bits per heavy atom. The quantitative estimate of drug-likeness (QED) is 0.715. The summed E-state index contributed by atoms with van der Waals surface area (Å²) >= 11 is 6.25. The molecule has 0 aliphatic carbocycles. The van der Waals surface area contributed by atoms with E-state index in [1.54, 1.807) is 24.3 Å². The molecule has 0 heterocycles. The molecule has 1 unspecified atom stereocenters. The van der Waals surface area contributed by atoms with E-state index in [-0.39, 0.29) is 16.5 Å². The lowest BCUT2D eigenvalue weighted by Gasteiger charge is -2.16. The summed E-state index contributed by atoms with van der Waals surface area (Å²) < 4.78 is 28.5. The number of rotatable bonds is 4. The molecule has 110 valence electrons. The highest BCUT2D eigenvalue weighted by Gasteiger charge is 2.26. The van der Waals surface area contributed by atoms with Crippen molar-refractivity contribution >= 4 is 37.8 Å². The van der Waals surface area contributed by atoms with Gasteiger partial charge in [0.15, 0.2) is 0 Å². The molecule has 0 aromatic heterocycles. The Labute approximate surface area is 137 Å². The molecule has 1 atom stereocenters. The van der Waals surface area contributed by atoms with Crippen LogP contribution in [0, 0.1) is 11.6 Å². The van der Waals surface area contributed by atoms with Crippen LogP contribution in [0.2, 0.25) is 0 Å². The van der Waals surface area contributed by atoms with E-state index < -0.39 is 23.5 Å². The maximum absolute atomic E-state index is 14.0. The van der Waals surface area contributed by atoms with Gasteiger partial charge in [-0.3, -0.25) is 4.79 Å². The number of carboxylic acid groups (broad SMARTS) is 1. The third-order valence-electron chi connectivity index (χ3n) is 3.13. The van der Waals surface area contributed by atoms with E-state index in [0.717, 1.165) is 6.07 Å². The van der Waals surface area contributed by atoms with Crippen LogP contribution in [0.3, 0.4) is 0 Å². The highest BCUT2D eigenvalue weighted by Crippen LogP contribution is 2.31. The van der Waals surface area contributed by atoms with Gasteiger partial charge in [-0.25, -0.2) is 8.78 Å². The Balaban J connectivity index is 2.46. The van der Waals surface area contributed by atoms with Crippen LogP contribution < -0.4 is 0 Å². The van der Waals surface area contributed by atoms with Gasteiger partial charge in [-0.2, -0.15) is 0 Å². The van der Waals surface area contributed by atoms with E-state index in [9.17, 15) is 18.7 Å². The molecule has 0 fully saturated rings. The molecule has 0 spiro atoms. The molecule has 0 radical (unpaired) electrons.